The van der Waals surface area contributed by atoms with Gasteiger partial charge in [-0.1, -0.05) is 0 Å². The predicted molar refractivity (Wildman–Crippen MR) is 107 cm³/mol. The maximum atomic E-state index is 10.6. The van der Waals surface area contributed by atoms with Crippen molar-refractivity contribution >= 4 is 36.3 Å². The predicted octanol–water partition coefficient (Wildman–Crippen LogP) is -2.15. The maximum absolute atomic E-state index is 10.6. The Balaban J connectivity index is -0.00000143. The van der Waals surface area contributed by atoms with Crippen LogP contribution in [-0.2, 0) is 28.7 Å². The van der Waals surface area contributed by atoms with Crippen molar-refractivity contribution in [1.82, 2.24) is 9.80 Å². The summed E-state index contributed by atoms with van der Waals surface area (Å²) in [6.45, 7) is -0.665. The number of halogens is 1. The fourth-order valence-corrected chi connectivity index (χ4v) is 1.90. The first-order chi connectivity index (χ1) is 14.1. The Hall–Kier alpha value is -2.54. The van der Waals surface area contributed by atoms with Gasteiger partial charge in [0.25, 0.3) is 0 Å². The van der Waals surface area contributed by atoms with Crippen LogP contribution in [0.15, 0.2) is 0 Å². The minimum absolute atomic E-state index is 0. The van der Waals surface area contributed by atoms with Gasteiger partial charge >= 0.3 is 23.9 Å². The average Bonchev–Trinajstić information content (AvgIpc) is 2.61. The van der Waals surface area contributed by atoms with E-state index in [1.807, 2.05) is 0 Å². The molecule has 0 aromatic rings. The van der Waals surface area contributed by atoms with E-state index in [1.54, 1.807) is 6.07 Å². The molecule has 15 heteroatoms. The standard InChI is InChI=1S/C14H24N2O10.C2H4N2.ClH/c17-11(18)7-15(8-12(19)20)1-3-25-5-6-26-4-2-16(9-13(21)22)10-14(23)24;3-1-2-4;/h1-10H2,(H,17,18)(H,19,20)(H,21,22)(H,23,24);1,3H2;1H. The molecule has 31 heavy (non-hydrogen) atoms. The molecule has 0 spiro atoms. The van der Waals surface area contributed by atoms with Gasteiger partial charge < -0.3 is 35.6 Å². The number of hydrogen-bond donors (Lipinski definition) is 5. The SMILES string of the molecule is Cl.N#CCN.O=C(O)CN(CCOCCOCCN(CC(=O)O)CC(=O)O)CC(=O)O. The summed E-state index contributed by atoms with van der Waals surface area (Å²) in [5.41, 5.74) is 4.67. The third-order valence-corrected chi connectivity index (χ3v) is 3.00. The summed E-state index contributed by atoms with van der Waals surface area (Å²) in [5.74, 6) is -4.55. The molecule has 0 atom stereocenters. The zero-order valence-corrected chi connectivity index (χ0v) is 17.7. The van der Waals surface area contributed by atoms with Crippen LogP contribution in [0.5, 0.6) is 0 Å². The summed E-state index contributed by atoms with van der Waals surface area (Å²) < 4.78 is 10.4. The van der Waals surface area contributed by atoms with Crippen molar-refractivity contribution in [2.45, 2.75) is 0 Å². The fraction of sp³-hybridized carbons (Fsp3) is 0.688. The van der Waals surface area contributed by atoms with Gasteiger partial charge in [-0.05, 0) is 0 Å². The van der Waals surface area contributed by atoms with Crippen LogP contribution in [0.2, 0.25) is 0 Å². The lowest BCUT2D eigenvalue weighted by molar-refractivity contribution is -0.144. The molecule has 0 rings (SSSR count). The molecule has 14 nitrogen and oxygen atoms in total. The van der Waals surface area contributed by atoms with Gasteiger partial charge in [-0.2, -0.15) is 5.26 Å². The molecule has 0 bridgehead atoms. The van der Waals surface area contributed by atoms with Gasteiger partial charge in [-0.3, -0.25) is 29.0 Å². The van der Waals surface area contributed by atoms with E-state index in [1.165, 1.54) is 9.80 Å². The summed E-state index contributed by atoms with van der Waals surface area (Å²) in [6.07, 6.45) is 0. The van der Waals surface area contributed by atoms with Crippen LogP contribution in [0, 0.1) is 11.3 Å². The number of rotatable bonds is 17. The average molecular weight is 473 g/mol. The Labute approximate surface area is 185 Å². The molecule has 0 aromatic carbocycles. The van der Waals surface area contributed by atoms with Crippen molar-refractivity contribution in [3.8, 4) is 6.07 Å². The van der Waals surface area contributed by atoms with Gasteiger partial charge in [-0.25, -0.2) is 0 Å². The summed E-state index contributed by atoms with van der Waals surface area (Å²) in [5, 5.41) is 42.2. The van der Waals surface area contributed by atoms with Crippen LogP contribution < -0.4 is 5.73 Å². The lowest BCUT2D eigenvalue weighted by atomic mass is 10.4. The lowest BCUT2D eigenvalue weighted by Crippen LogP contribution is -2.37. The highest BCUT2D eigenvalue weighted by atomic mass is 35.5. The summed E-state index contributed by atoms with van der Waals surface area (Å²) >= 11 is 0. The van der Waals surface area contributed by atoms with Crippen molar-refractivity contribution in [1.29, 1.82) is 5.26 Å². The highest BCUT2D eigenvalue weighted by Gasteiger charge is 2.14. The van der Waals surface area contributed by atoms with Gasteiger partial charge in [0.1, 0.15) is 0 Å². The van der Waals surface area contributed by atoms with Crippen LogP contribution in [0.25, 0.3) is 0 Å². The lowest BCUT2D eigenvalue weighted by Gasteiger charge is -2.18. The van der Waals surface area contributed by atoms with E-state index < -0.39 is 50.1 Å². The molecule has 0 heterocycles. The van der Waals surface area contributed by atoms with Crippen LogP contribution in [0.1, 0.15) is 0 Å². The zero-order valence-electron chi connectivity index (χ0n) is 16.8. The second-order valence-corrected chi connectivity index (χ2v) is 5.58. The normalized spacial score (nSPS) is 9.87. The van der Waals surface area contributed by atoms with E-state index >= 15 is 0 Å². The second-order valence-electron chi connectivity index (χ2n) is 5.58. The monoisotopic (exact) mass is 472 g/mol. The van der Waals surface area contributed by atoms with Crippen molar-refractivity contribution in [2.24, 2.45) is 5.73 Å². The number of carboxylic acid groups (broad SMARTS) is 4. The van der Waals surface area contributed by atoms with Gasteiger partial charge in [-0.15, -0.1) is 12.4 Å². The third-order valence-electron chi connectivity index (χ3n) is 3.00. The molecule has 0 aliphatic carbocycles. The molecule has 0 aromatic heterocycles. The van der Waals surface area contributed by atoms with Gasteiger partial charge in [0.2, 0.25) is 0 Å². The van der Waals surface area contributed by atoms with Crippen molar-refractivity contribution in [2.75, 3.05) is 72.2 Å². The van der Waals surface area contributed by atoms with E-state index in [2.05, 4.69) is 5.73 Å². The van der Waals surface area contributed by atoms with Crippen LogP contribution in [-0.4, -0.2) is 126 Å². The smallest absolute Gasteiger partial charge is 0.317 e. The van der Waals surface area contributed by atoms with Crippen molar-refractivity contribution in [3.63, 3.8) is 0 Å². The van der Waals surface area contributed by atoms with Crippen LogP contribution in [0.4, 0.5) is 0 Å². The quantitative estimate of drug-likeness (QED) is 0.112. The van der Waals surface area contributed by atoms with E-state index in [9.17, 15) is 19.2 Å². The van der Waals surface area contributed by atoms with Crippen LogP contribution in [0.3, 0.4) is 0 Å². The third kappa shape index (κ3) is 27.5. The molecule has 0 fully saturated rings. The molecule has 0 saturated heterocycles. The second kappa shape index (κ2) is 22.2. The van der Waals surface area contributed by atoms with E-state index in [-0.39, 0.29) is 58.5 Å². The molecule has 0 radical (unpaired) electrons. The molecule has 0 aliphatic heterocycles. The summed E-state index contributed by atoms with van der Waals surface area (Å²) in [7, 11) is 0. The number of carboxylic acids is 4. The largest absolute Gasteiger partial charge is 0.480 e. The molecule has 0 aliphatic rings. The van der Waals surface area contributed by atoms with Crippen molar-refractivity contribution < 1.29 is 49.1 Å². The molecule has 0 amide bonds. The number of aliphatic carboxylic acids is 4. The highest BCUT2D eigenvalue weighted by Crippen LogP contribution is 1.92. The van der Waals surface area contributed by atoms with Crippen LogP contribution >= 0.6 is 12.4 Å². The molecular formula is C16H29ClN4O10. The molecule has 0 saturated carbocycles. The fourth-order valence-electron chi connectivity index (χ4n) is 1.90. The number of carbonyl (C=O) groups is 4. The Bertz CT molecular complexity index is 499. The first-order valence-electron chi connectivity index (χ1n) is 8.66. The van der Waals surface area contributed by atoms with E-state index in [0.717, 1.165) is 0 Å². The topological polar surface area (TPSA) is 224 Å². The summed E-state index contributed by atoms with van der Waals surface area (Å²) in [4.78, 5) is 44.9. The Morgan fingerprint density at radius 1 is 0.710 bits per heavy atom. The minimum atomic E-state index is -1.14. The van der Waals surface area contributed by atoms with Gasteiger partial charge in [0.15, 0.2) is 0 Å². The maximum Gasteiger partial charge on any atom is 0.317 e. The number of nitrogens with two attached hydrogens (primary N) is 1. The summed E-state index contributed by atoms with van der Waals surface area (Å²) in [6, 6.07) is 1.71. The van der Waals surface area contributed by atoms with Gasteiger partial charge in [0.05, 0.1) is 65.2 Å². The van der Waals surface area contributed by atoms with Gasteiger partial charge in [0, 0.05) is 13.1 Å². The number of ether oxygens (including phenoxy) is 2. The Kier molecular flexibility index (Phi) is 23.7. The molecule has 0 unspecified atom stereocenters. The minimum Gasteiger partial charge on any atom is -0.480 e. The first kappa shape index (κ1) is 33.1. The first-order valence-corrected chi connectivity index (χ1v) is 8.66. The van der Waals surface area contributed by atoms with Crippen molar-refractivity contribution in [3.05, 3.63) is 0 Å². The Morgan fingerprint density at radius 3 is 1.16 bits per heavy atom. The number of nitrogens with zero attached hydrogens (tertiary/aromatic N) is 3. The highest BCUT2D eigenvalue weighted by molar-refractivity contribution is 5.85. The number of hydrogen-bond acceptors (Lipinski definition) is 10. The molecular weight excluding hydrogens is 444 g/mol. The van der Waals surface area contributed by atoms with E-state index in [4.69, 9.17) is 35.2 Å². The number of nitriles is 1. The molecule has 180 valence electrons. The Morgan fingerprint density at radius 2 is 0.968 bits per heavy atom. The molecule has 6 N–H and O–H groups in total. The van der Waals surface area contributed by atoms with E-state index in [0.29, 0.717) is 0 Å². The zero-order chi connectivity index (χ0) is 23.4.